The molecule has 0 aromatic heterocycles. The fraction of sp³-hybridized carbons (Fsp3) is 1.00. The number of ether oxygens (including phenoxy) is 1. The van der Waals surface area contributed by atoms with Crippen molar-refractivity contribution in [2.45, 2.75) is 64.5 Å². The molecule has 1 rings (SSSR count). The van der Waals surface area contributed by atoms with Gasteiger partial charge in [-0.2, -0.15) is 0 Å². The first kappa shape index (κ1) is 14.9. The molecule has 1 aliphatic rings. The lowest BCUT2D eigenvalue weighted by molar-refractivity contribution is 0.130. The summed E-state index contributed by atoms with van der Waals surface area (Å²) in [6, 6.07) is 1.33. The van der Waals surface area contributed by atoms with Crippen LogP contribution < -0.4 is 10.6 Å². The van der Waals surface area contributed by atoms with Crippen molar-refractivity contribution in [1.82, 2.24) is 10.6 Å². The lowest BCUT2D eigenvalue weighted by Gasteiger charge is -2.26. The quantitative estimate of drug-likeness (QED) is 0.609. The van der Waals surface area contributed by atoms with Gasteiger partial charge in [0, 0.05) is 25.2 Å². The predicted octanol–water partition coefficient (Wildman–Crippen LogP) is 2.31. The van der Waals surface area contributed by atoms with Crippen molar-refractivity contribution in [2.24, 2.45) is 0 Å². The van der Waals surface area contributed by atoms with E-state index in [1.165, 1.54) is 45.1 Å². The summed E-state index contributed by atoms with van der Waals surface area (Å²) in [6.07, 6.45) is 7.74. The molecule has 0 aromatic carbocycles. The van der Waals surface area contributed by atoms with Crippen LogP contribution in [-0.2, 0) is 4.74 Å². The summed E-state index contributed by atoms with van der Waals surface area (Å²) in [7, 11) is 0. The molecule has 0 aliphatic carbocycles. The van der Waals surface area contributed by atoms with Gasteiger partial charge in [0.25, 0.3) is 0 Å². The van der Waals surface area contributed by atoms with E-state index in [1.54, 1.807) is 0 Å². The summed E-state index contributed by atoms with van der Waals surface area (Å²) in [5, 5.41) is 7.14. The Morgan fingerprint density at radius 2 is 2.24 bits per heavy atom. The average Bonchev–Trinajstić information content (AvgIpc) is 2.35. The van der Waals surface area contributed by atoms with E-state index in [0.29, 0.717) is 6.04 Å². The molecule has 2 atom stereocenters. The lowest BCUT2D eigenvalue weighted by Crippen LogP contribution is -2.40. The fourth-order valence-electron chi connectivity index (χ4n) is 2.36. The third-order valence-corrected chi connectivity index (χ3v) is 3.43. The molecular weight excluding hydrogens is 212 g/mol. The molecule has 1 saturated heterocycles. The van der Waals surface area contributed by atoms with Crippen LogP contribution in [-0.4, -0.2) is 38.4 Å². The van der Waals surface area contributed by atoms with Crippen LogP contribution in [0.25, 0.3) is 0 Å². The standard InChI is InChI=1S/C14H30N2O/c1-3-4-10-17-11-9-15-13(2)12-14-7-5-6-8-16-14/h13-16H,3-12H2,1-2H3. The molecule has 2 N–H and O–H groups in total. The largest absolute Gasteiger partial charge is 0.380 e. The van der Waals surface area contributed by atoms with Crippen LogP contribution in [0.15, 0.2) is 0 Å². The van der Waals surface area contributed by atoms with Crippen molar-refractivity contribution in [3.05, 3.63) is 0 Å². The fourth-order valence-corrected chi connectivity index (χ4v) is 2.36. The molecule has 1 aliphatic heterocycles. The summed E-state index contributed by atoms with van der Waals surface area (Å²) >= 11 is 0. The summed E-state index contributed by atoms with van der Waals surface area (Å²) < 4.78 is 5.54. The molecule has 0 bridgehead atoms. The van der Waals surface area contributed by atoms with Gasteiger partial charge in [-0.3, -0.25) is 0 Å². The highest BCUT2D eigenvalue weighted by atomic mass is 16.5. The highest BCUT2D eigenvalue weighted by Crippen LogP contribution is 2.11. The van der Waals surface area contributed by atoms with Crippen LogP contribution in [0.4, 0.5) is 0 Å². The Morgan fingerprint density at radius 1 is 1.35 bits per heavy atom. The monoisotopic (exact) mass is 242 g/mol. The summed E-state index contributed by atoms with van der Waals surface area (Å²) in [4.78, 5) is 0. The van der Waals surface area contributed by atoms with E-state index in [9.17, 15) is 0 Å². The topological polar surface area (TPSA) is 33.3 Å². The minimum absolute atomic E-state index is 0.598. The lowest BCUT2D eigenvalue weighted by atomic mass is 9.99. The van der Waals surface area contributed by atoms with Gasteiger partial charge in [0.1, 0.15) is 0 Å². The van der Waals surface area contributed by atoms with Crippen LogP contribution in [0, 0.1) is 0 Å². The van der Waals surface area contributed by atoms with Gasteiger partial charge in [-0.05, 0) is 39.2 Å². The Morgan fingerprint density at radius 3 is 2.94 bits per heavy atom. The molecule has 1 heterocycles. The third-order valence-electron chi connectivity index (χ3n) is 3.43. The first-order valence-electron chi connectivity index (χ1n) is 7.37. The number of hydrogen-bond donors (Lipinski definition) is 2. The zero-order valence-electron chi connectivity index (χ0n) is 11.6. The summed E-state index contributed by atoms with van der Waals surface area (Å²) in [6.45, 7) is 8.43. The van der Waals surface area contributed by atoms with E-state index in [4.69, 9.17) is 4.74 Å². The van der Waals surface area contributed by atoms with Crippen LogP contribution in [0.5, 0.6) is 0 Å². The Kier molecular flexibility index (Phi) is 8.67. The van der Waals surface area contributed by atoms with Gasteiger partial charge in [0.05, 0.1) is 6.61 Å². The van der Waals surface area contributed by atoms with Gasteiger partial charge in [0.15, 0.2) is 0 Å². The van der Waals surface area contributed by atoms with Gasteiger partial charge < -0.3 is 15.4 Å². The van der Waals surface area contributed by atoms with Crippen LogP contribution in [0.2, 0.25) is 0 Å². The number of piperidine rings is 1. The maximum absolute atomic E-state index is 5.54. The average molecular weight is 242 g/mol. The van der Waals surface area contributed by atoms with E-state index in [1.807, 2.05) is 0 Å². The highest BCUT2D eigenvalue weighted by molar-refractivity contribution is 4.76. The number of rotatable bonds is 9. The first-order valence-corrected chi connectivity index (χ1v) is 7.37. The van der Waals surface area contributed by atoms with E-state index < -0.39 is 0 Å². The Labute approximate surface area is 107 Å². The Hall–Kier alpha value is -0.120. The molecular formula is C14H30N2O. The molecule has 102 valence electrons. The molecule has 1 fully saturated rings. The van der Waals surface area contributed by atoms with Gasteiger partial charge >= 0.3 is 0 Å². The van der Waals surface area contributed by atoms with Crippen molar-refractivity contribution in [2.75, 3.05) is 26.3 Å². The molecule has 0 spiro atoms. The molecule has 3 nitrogen and oxygen atoms in total. The highest BCUT2D eigenvalue weighted by Gasteiger charge is 2.14. The summed E-state index contributed by atoms with van der Waals surface area (Å²) in [5.41, 5.74) is 0. The van der Waals surface area contributed by atoms with Crippen molar-refractivity contribution in [1.29, 1.82) is 0 Å². The van der Waals surface area contributed by atoms with Gasteiger partial charge in [-0.1, -0.05) is 19.8 Å². The van der Waals surface area contributed by atoms with Crippen LogP contribution in [0.3, 0.4) is 0 Å². The van der Waals surface area contributed by atoms with E-state index in [-0.39, 0.29) is 0 Å². The van der Waals surface area contributed by atoms with Crippen LogP contribution >= 0.6 is 0 Å². The zero-order chi connectivity index (χ0) is 12.3. The van der Waals surface area contributed by atoms with Gasteiger partial charge in [-0.15, -0.1) is 0 Å². The minimum atomic E-state index is 0.598. The van der Waals surface area contributed by atoms with Gasteiger partial charge in [-0.25, -0.2) is 0 Å². The molecule has 0 saturated carbocycles. The van der Waals surface area contributed by atoms with E-state index in [0.717, 1.165) is 25.8 Å². The van der Waals surface area contributed by atoms with Crippen molar-refractivity contribution < 1.29 is 4.74 Å². The maximum atomic E-state index is 5.54. The summed E-state index contributed by atoms with van der Waals surface area (Å²) in [5.74, 6) is 0. The Balaban J connectivity index is 1.91. The second-order valence-corrected chi connectivity index (χ2v) is 5.20. The second kappa shape index (κ2) is 9.86. The maximum Gasteiger partial charge on any atom is 0.0590 e. The number of nitrogens with one attached hydrogen (secondary N) is 2. The molecule has 3 heteroatoms. The van der Waals surface area contributed by atoms with E-state index >= 15 is 0 Å². The Bertz CT molecular complexity index is 170. The zero-order valence-corrected chi connectivity index (χ0v) is 11.6. The third kappa shape index (κ3) is 7.74. The van der Waals surface area contributed by atoms with Gasteiger partial charge in [0.2, 0.25) is 0 Å². The first-order chi connectivity index (χ1) is 8.33. The minimum Gasteiger partial charge on any atom is -0.380 e. The second-order valence-electron chi connectivity index (χ2n) is 5.20. The van der Waals surface area contributed by atoms with Crippen LogP contribution in [0.1, 0.15) is 52.4 Å². The normalized spacial score (nSPS) is 22.6. The smallest absolute Gasteiger partial charge is 0.0590 e. The number of unbranched alkanes of at least 4 members (excludes halogenated alkanes) is 1. The molecule has 0 amide bonds. The van der Waals surface area contributed by atoms with Crippen molar-refractivity contribution in [3.63, 3.8) is 0 Å². The molecule has 0 aromatic rings. The van der Waals surface area contributed by atoms with E-state index in [2.05, 4.69) is 24.5 Å². The molecule has 0 radical (unpaired) electrons. The SMILES string of the molecule is CCCCOCCNC(C)CC1CCCCN1. The van der Waals surface area contributed by atoms with Crippen molar-refractivity contribution >= 4 is 0 Å². The molecule has 17 heavy (non-hydrogen) atoms. The number of hydrogen-bond acceptors (Lipinski definition) is 3. The van der Waals surface area contributed by atoms with Crippen molar-refractivity contribution in [3.8, 4) is 0 Å². The molecule has 2 unspecified atom stereocenters. The predicted molar refractivity (Wildman–Crippen MR) is 73.5 cm³/mol.